The van der Waals surface area contributed by atoms with Crippen LogP contribution in [0.15, 0.2) is 65.6 Å². The number of nitrogens with zero attached hydrogens (tertiary/aromatic N) is 3. The Balaban J connectivity index is 1.64. The fraction of sp³-hybridized carbons (Fsp3) is 0.174. The highest BCUT2D eigenvalue weighted by Crippen LogP contribution is 2.32. The van der Waals surface area contributed by atoms with Crippen LogP contribution in [-0.4, -0.2) is 26.7 Å². The fourth-order valence-corrected chi connectivity index (χ4v) is 4.19. The number of aromatic nitrogens is 3. The number of pyridine rings is 1. The van der Waals surface area contributed by atoms with Gasteiger partial charge in [0.15, 0.2) is 0 Å². The molecule has 1 aliphatic heterocycles. The lowest BCUT2D eigenvalue weighted by Crippen LogP contribution is -2.38. The number of hydrogen-bond acceptors (Lipinski definition) is 3. The summed E-state index contributed by atoms with van der Waals surface area (Å²) in [5, 5.41) is 4.97. The van der Waals surface area contributed by atoms with Crippen molar-refractivity contribution in [2.24, 2.45) is 0 Å². The summed E-state index contributed by atoms with van der Waals surface area (Å²) in [6.45, 7) is 3.79. The maximum atomic E-state index is 13.4. The van der Waals surface area contributed by atoms with E-state index in [1.54, 1.807) is 16.5 Å². The molecule has 0 fully saturated rings. The van der Waals surface area contributed by atoms with Crippen molar-refractivity contribution in [2.75, 3.05) is 4.90 Å². The SMILES string of the molecule is Cc1nn(-c2ccccc2)c2[nH]cc(C(=O)N3c4ccccc4CC3C)c(=O)c12. The van der Waals surface area contributed by atoms with Crippen LogP contribution in [-0.2, 0) is 6.42 Å². The molecule has 0 saturated carbocycles. The first-order chi connectivity index (χ1) is 14.1. The standard InChI is InChI=1S/C23H20N4O2/c1-14-12-16-8-6-7-11-19(16)26(14)23(29)18-13-24-22-20(21(18)28)15(2)25-27(22)17-9-4-3-5-10-17/h3-11,13-14H,12H2,1-2H3,(H,24,28). The Kier molecular flexibility index (Phi) is 3.87. The molecule has 0 radical (unpaired) electrons. The predicted molar refractivity (Wildman–Crippen MR) is 113 cm³/mol. The summed E-state index contributed by atoms with van der Waals surface area (Å²) in [5.74, 6) is -0.280. The number of aryl methyl sites for hydroxylation is 1. The number of carbonyl (C=O) groups excluding carboxylic acids is 1. The number of rotatable bonds is 2. The highest BCUT2D eigenvalue weighted by Gasteiger charge is 2.33. The molecule has 5 rings (SSSR count). The quantitative estimate of drug-likeness (QED) is 0.574. The molecule has 6 heteroatoms. The van der Waals surface area contributed by atoms with Crippen LogP contribution in [0, 0.1) is 6.92 Å². The summed E-state index contributed by atoms with van der Waals surface area (Å²) in [4.78, 5) is 31.5. The highest BCUT2D eigenvalue weighted by atomic mass is 16.2. The summed E-state index contributed by atoms with van der Waals surface area (Å²) < 4.78 is 1.70. The predicted octanol–water partition coefficient (Wildman–Crippen LogP) is 3.61. The van der Waals surface area contributed by atoms with Crippen LogP contribution in [0.5, 0.6) is 0 Å². The Hall–Kier alpha value is -3.67. The lowest BCUT2D eigenvalue weighted by Gasteiger charge is -2.22. The molecule has 29 heavy (non-hydrogen) atoms. The molecular formula is C23H20N4O2. The third-order valence-electron chi connectivity index (χ3n) is 5.54. The molecule has 144 valence electrons. The molecule has 1 aliphatic rings. The number of carbonyl (C=O) groups is 1. The Morgan fingerprint density at radius 3 is 2.62 bits per heavy atom. The monoisotopic (exact) mass is 384 g/mol. The van der Waals surface area contributed by atoms with Crippen molar-refractivity contribution in [1.29, 1.82) is 0 Å². The minimum Gasteiger partial charge on any atom is -0.345 e. The highest BCUT2D eigenvalue weighted by molar-refractivity contribution is 6.08. The van der Waals surface area contributed by atoms with Crippen molar-refractivity contribution in [2.45, 2.75) is 26.3 Å². The number of hydrogen-bond donors (Lipinski definition) is 1. The van der Waals surface area contributed by atoms with E-state index in [0.717, 1.165) is 23.4 Å². The molecule has 4 aromatic rings. The molecule has 1 unspecified atom stereocenters. The summed E-state index contributed by atoms with van der Waals surface area (Å²) in [6.07, 6.45) is 2.30. The number of para-hydroxylation sites is 2. The number of nitrogens with one attached hydrogen (secondary N) is 1. The van der Waals surface area contributed by atoms with Gasteiger partial charge in [0.1, 0.15) is 11.2 Å². The smallest absolute Gasteiger partial charge is 0.264 e. The lowest BCUT2D eigenvalue weighted by atomic mass is 10.1. The average molecular weight is 384 g/mol. The van der Waals surface area contributed by atoms with Gasteiger partial charge in [0, 0.05) is 17.9 Å². The lowest BCUT2D eigenvalue weighted by molar-refractivity contribution is 0.0980. The van der Waals surface area contributed by atoms with Gasteiger partial charge < -0.3 is 9.88 Å². The Bertz CT molecular complexity index is 1300. The molecular weight excluding hydrogens is 364 g/mol. The van der Waals surface area contributed by atoms with Gasteiger partial charge in [-0.3, -0.25) is 9.59 Å². The van der Waals surface area contributed by atoms with Gasteiger partial charge >= 0.3 is 0 Å². The van der Waals surface area contributed by atoms with Crippen molar-refractivity contribution in [3.8, 4) is 5.69 Å². The van der Waals surface area contributed by atoms with Gasteiger partial charge in [-0.15, -0.1) is 0 Å². The molecule has 3 heterocycles. The van der Waals surface area contributed by atoms with Crippen LogP contribution < -0.4 is 10.3 Å². The third-order valence-corrected chi connectivity index (χ3v) is 5.54. The molecule has 1 N–H and O–H groups in total. The zero-order valence-electron chi connectivity index (χ0n) is 16.2. The van der Waals surface area contributed by atoms with Crippen molar-refractivity contribution in [1.82, 2.24) is 14.8 Å². The van der Waals surface area contributed by atoms with Gasteiger partial charge in [0.25, 0.3) is 5.91 Å². The first kappa shape index (κ1) is 17.4. The number of fused-ring (bicyclic) bond motifs is 2. The van der Waals surface area contributed by atoms with Gasteiger partial charge in [-0.2, -0.15) is 5.10 Å². The van der Waals surface area contributed by atoms with E-state index in [9.17, 15) is 9.59 Å². The van der Waals surface area contributed by atoms with Gasteiger partial charge in [0.2, 0.25) is 5.43 Å². The van der Waals surface area contributed by atoms with Gasteiger partial charge in [-0.05, 0) is 44.0 Å². The van der Waals surface area contributed by atoms with Crippen molar-refractivity contribution >= 4 is 22.6 Å². The molecule has 0 aliphatic carbocycles. The van der Waals surface area contributed by atoms with Crippen molar-refractivity contribution in [3.05, 3.63) is 87.8 Å². The molecule has 1 atom stereocenters. The van der Waals surface area contributed by atoms with Crippen LogP contribution in [0.1, 0.15) is 28.5 Å². The second-order valence-electron chi connectivity index (χ2n) is 7.44. The summed E-state index contributed by atoms with van der Waals surface area (Å²) in [6, 6.07) is 17.5. The number of H-pyrrole nitrogens is 1. The largest absolute Gasteiger partial charge is 0.345 e. The van der Waals surface area contributed by atoms with Crippen LogP contribution in [0.3, 0.4) is 0 Å². The van der Waals surface area contributed by atoms with Crippen molar-refractivity contribution < 1.29 is 4.79 Å². The Morgan fingerprint density at radius 2 is 1.83 bits per heavy atom. The van der Waals surface area contributed by atoms with Gasteiger partial charge in [-0.25, -0.2) is 4.68 Å². The average Bonchev–Trinajstić information content (AvgIpc) is 3.25. The zero-order valence-corrected chi connectivity index (χ0v) is 16.2. The second-order valence-corrected chi connectivity index (χ2v) is 7.44. The molecule has 6 nitrogen and oxygen atoms in total. The van der Waals surface area contributed by atoms with Gasteiger partial charge in [-0.1, -0.05) is 36.4 Å². The number of aromatic amines is 1. The maximum Gasteiger partial charge on any atom is 0.264 e. The minimum atomic E-state index is -0.292. The van der Waals surface area contributed by atoms with Crippen LogP contribution >= 0.6 is 0 Å². The summed E-state index contributed by atoms with van der Waals surface area (Å²) in [5.41, 5.74) is 3.87. The normalized spacial score (nSPS) is 15.7. The van der Waals surface area contributed by atoms with Crippen LogP contribution in [0.2, 0.25) is 0 Å². The molecule has 0 bridgehead atoms. The van der Waals surface area contributed by atoms with E-state index >= 15 is 0 Å². The molecule has 1 amide bonds. The third kappa shape index (κ3) is 2.60. The van der Waals surface area contributed by atoms with Gasteiger partial charge in [0.05, 0.1) is 16.8 Å². The number of anilines is 1. The fourth-order valence-electron chi connectivity index (χ4n) is 4.19. The molecule has 2 aromatic heterocycles. The zero-order chi connectivity index (χ0) is 20.1. The van der Waals surface area contributed by atoms with Crippen LogP contribution in [0.4, 0.5) is 5.69 Å². The first-order valence-corrected chi connectivity index (χ1v) is 9.64. The summed E-state index contributed by atoms with van der Waals surface area (Å²) >= 11 is 0. The summed E-state index contributed by atoms with van der Waals surface area (Å²) in [7, 11) is 0. The number of amides is 1. The van der Waals surface area contributed by atoms with Crippen LogP contribution in [0.25, 0.3) is 16.7 Å². The first-order valence-electron chi connectivity index (χ1n) is 9.64. The van der Waals surface area contributed by atoms with E-state index in [4.69, 9.17) is 0 Å². The van der Waals surface area contributed by atoms with E-state index in [-0.39, 0.29) is 22.9 Å². The van der Waals surface area contributed by atoms with E-state index in [1.807, 2.05) is 61.5 Å². The van der Waals surface area contributed by atoms with Crippen molar-refractivity contribution in [3.63, 3.8) is 0 Å². The Morgan fingerprint density at radius 1 is 1.10 bits per heavy atom. The molecule has 0 saturated heterocycles. The number of benzene rings is 2. The molecule has 2 aromatic carbocycles. The van der Waals surface area contributed by atoms with E-state index < -0.39 is 0 Å². The topological polar surface area (TPSA) is 71.0 Å². The molecule has 0 spiro atoms. The second kappa shape index (κ2) is 6.44. The van der Waals surface area contributed by atoms with E-state index in [2.05, 4.69) is 10.1 Å². The maximum absolute atomic E-state index is 13.4. The van der Waals surface area contributed by atoms with E-state index in [1.165, 1.54) is 6.20 Å². The Labute approximate surface area is 167 Å². The van der Waals surface area contributed by atoms with E-state index in [0.29, 0.717) is 16.7 Å². The minimum absolute atomic E-state index is 0.00290.